The van der Waals surface area contributed by atoms with Gasteiger partial charge >= 0.3 is 5.97 Å². The van der Waals surface area contributed by atoms with Gasteiger partial charge in [0.2, 0.25) is 6.73 Å². The van der Waals surface area contributed by atoms with Crippen LogP contribution in [0.3, 0.4) is 0 Å². The van der Waals surface area contributed by atoms with Crippen molar-refractivity contribution in [2.45, 2.75) is 25.2 Å². The van der Waals surface area contributed by atoms with Crippen LogP contribution in [-0.2, 0) is 9.53 Å². The van der Waals surface area contributed by atoms with E-state index in [2.05, 4.69) is 19.2 Å². The number of halogens is 1. The average Bonchev–Trinajstić information content (AvgIpc) is 2.94. The molecular weight excluding hydrogens is 350 g/mol. The van der Waals surface area contributed by atoms with Crippen molar-refractivity contribution in [3.8, 4) is 11.5 Å². The first-order chi connectivity index (χ1) is 12.5. The van der Waals surface area contributed by atoms with E-state index in [0.29, 0.717) is 23.6 Å². The lowest BCUT2D eigenvalue weighted by Gasteiger charge is -2.29. The second kappa shape index (κ2) is 6.60. The zero-order valence-electron chi connectivity index (χ0n) is 15.1. The van der Waals surface area contributed by atoms with Crippen molar-refractivity contribution in [3.05, 3.63) is 58.6 Å². The number of esters is 1. The lowest BCUT2D eigenvalue weighted by molar-refractivity contribution is -0.915. The molecule has 3 unspecified atom stereocenters. The molecule has 2 aromatic carbocycles. The first kappa shape index (κ1) is 17.4. The minimum absolute atomic E-state index is 0.149. The van der Waals surface area contributed by atoms with Crippen LogP contribution in [0.5, 0.6) is 11.5 Å². The predicted molar refractivity (Wildman–Crippen MR) is 101 cm³/mol. The van der Waals surface area contributed by atoms with Crippen LogP contribution in [0.1, 0.15) is 36.3 Å². The van der Waals surface area contributed by atoms with E-state index in [1.165, 1.54) is 5.56 Å². The van der Waals surface area contributed by atoms with Gasteiger partial charge in [0.15, 0.2) is 0 Å². The van der Waals surface area contributed by atoms with E-state index in [4.69, 9.17) is 21.1 Å². The number of ether oxygens (including phenoxy) is 2. The molecule has 1 fully saturated rings. The van der Waals surface area contributed by atoms with Gasteiger partial charge in [-0.3, -0.25) is 9.28 Å². The number of likely N-dealkylation sites (tertiary alicyclic amines) is 1. The summed E-state index contributed by atoms with van der Waals surface area (Å²) in [6, 6.07) is 14.1. The standard InChI is InChI=1S/C21H23ClNO3/c1-3-21(24)25-13-23(2)11-17-15-6-4-5-7-19(15)26-20-9-8-14(22)10-16(20)18(17)12-23/h4-10,17-18H,3,11-13H2,1-2H3/q+1. The molecule has 0 saturated carbocycles. The van der Waals surface area contributed by atoms with Crippen LogP contribution in [0.15, 0.2) is 42.5 Å². The summed E-state index contributed by atoms with van der Waals surface area (Å²) in [5.74, 6) is 2.20. The summed E-state index contributed by atoms with van der Waals surface area (Å²) in [6.07, 6.45) is 0.405. The van der Waals surface area contributed by atoms with E-state index in [1.54, 1.807) is 0 Å². The molecule has 4 nitrogen and oxygen atoms in total. The Hall–Kier alpha value is -2.04. The van der Waals surface area contributed by atoms with Crippen LogP contribution in [-0.4, -0.2) is 37.3 Å². The number of hydrogen-bond donors (Lipinski definition) is 0. The fraction of sp³-hybridized carbons (Fsp3) is 0.381. The highest BCUT2D eigenvalue weighted by Crippen LogP contribution is 2.51. The Balaban J connectivity index is 1.74. The lowest BCUT2D eigenvalue weighted by Crippen LogP contribution is -2.44. The third-order valence-corrected chi connectivity index (χ3v) is 5.73. The molecule has 2 heterocycles. The van der Waals surface area contributed by atoms with E-state index < -0.39 is 0 Å². The highest BCUT2D eigenvalue weighted by molar-refractivity contribution is 6.30. The normalized spacial score (nSPS) is 26.1. The van der Waals surface area contributed by atoms with Gasteiger partial charge in [-0.25, -0.2) is 0 Å². The topological polar surface area (TPSA) is 35.5 Å². The van der Waals surface area contributed by atoms with Gasteiger partial charge < -0.3 is 9.47 Å². The smallest absolute Gasteiger partial charge is 0.309 e. The summed E-state index contributed by atoms with van der Waals surface area (Å²) in [5.41, 5.74) is 2.36. The zero-order valence-corrected chi connectivity index (χ0v) is 15.8. The fourth-order valence-electron chi connectivity index (χ4n) is 4.24. The van der Waals surface area contributed by atoms with Crippen LogP contribution in [0.2, 0.25) is 5.02 Å². The quantitative estimate of drug-likeness (QED) is 0.579. The van der Waals surface area contributed by atoms with Crippen LogP contribution < -0.4 is 4.74 Å². The number of quaternary nitrogens is 1. The van der Waals surface area contributed by atoms with Crippen molar-refractivity contribution < 1.29 is 18.8 Å². The van der Waals surface area contributed by atoms with Crippen LogP contribution in [0, 0.1) is 0 Å². The monoisotopic (exact) mass is 372 g/mol. The maximum atomic E-state index is 11.7. The summed E-state index contributed by atoms with van der Waals surface area (Å²) in [5, 5.41) is 0.718. The molecule has 2 aliphatic heterocycles. The molecule has 5 heteroatoms. The molecule has 4 rings (SSSR count). The molecule has 136 valence electrons. The Morgan fingerprint density at radius 3 is 2.62 bits per heavy atom. The molecule has 0 aromatic heterocycles. The van der Waals surface area contributed by atoms with Crippen LogP contribution in [0.4, 0.5) is 0 Å². The van der Waals surface area contributed by atoms with E-state index in [-0.39, 0.29) is 11.9 Å². The molecule has 0 radical (unpaired) electrons. The predicted octanol–water partition coefficient (Wildman–Crippen LogP) is 4.68. The Morgan fingerprint density at radius 1 is 1.15 bits per heavy atom. The van der Waals surface area contributed by atoms with Crippen molar-refractivity contribution in [2.24, 2.45) is 0 Å². The highest BCUT2D eigenvalue weighted by atomic mass is 35.5. The number of likely N-dealkylation sites (N-methyl/N-ethyl adjacent to an activating group) is 1. The zero-order chi connectivity index (χ0) is 18.3. The molecule has 26 heavy (non-hydrogen) atoms. The Labute approximate surface area is 158 Å². The van der Waals surface area contributed by atoms with Crippen molar-refractivity contribution in [1.82, 2.24) is 0 Å². The molecule has 1 saturated heterocycles. The third-order valence-electron chi connectivity index (χ3n) is 5.50. The van der Waals surface area contributed by atoms with Gasteiger partial charge in [0.05, 0.1) is 20.1 Å². The van der Waals surface area contributed by atoms with Crippen molar-refractivity contribution in [1.29, 1.82) is 0 Å². The maximum Gasteiger partial charge on any atom is 0.309 e. The van der Waals surface area contributed by atoms with Gasteiger partial charge in [-0.15, -0.1) is 0 Å². The number of hydrogen-bond acceptors (Lipinski definition) is 3. The highest BCUT2D eigenvalue weighted by Gasteiger charge is 2.47. The number of para-hydroxylation sites is 1. The molecule has 3 atom stereocenters. The van der Waals surface area contributed by atoms with Crippen molar-refractivity contribution in [2.75, 3.05) is 26.9 Å². The first-order valence-corrected chi connectivity index (χ1v) is 9.42. The average molecular weight is 373 g/mol. The van der Waals surface area contributed by atoms with Gasteiger partial charge in [0, 0.05) is 34.4 Å². The van der Waals surface area contributed by atoms with Gasteiger partial charge in [-0.05, 0) is 24.3 Å². The second-order valence-electron chi connectivity index (χ2n) is 7.52. The molecule has 0 amide bonds. The molecule has 0 bridgehead atoms. The SMILES string of the molecule is CCC(=O)OC[N+]1(C)CC2c3ccccc3Oc3ccc(Cl)cc3C2C1. The number of benzene rings is 2. The Morgan fingerprint density at radius 2 is 1.85 bits per heavy atom. The number of fused-ring (bicyclic) bond motifs is 5. The fourth-order valence-corrected chi connectivity index (χ4v) is 4.43. The number of rotatable bonds is 3. The van der Waals surface area contributed by atoms with Gasteiger partial charge in [-0.1, -0.05) is 36.7 Å². The van der Waals surface area contributed by atoms with E-state index in [1.807, 2.05) is 37.3 Å². The number of carbonyl (C=O) groups is 1. The van der Waals surface area contributed by atoms with Crippen LogP contribution >= 0.6 is 11.6 Å². The molecule has 0 spiro atoms. The largest absolute Gasteiger partial charge is 0.457 e. The lowest BCUT2D eigenvalue weighted by atomic mass is 9.84. The summed E-state index contributed by atoms with van der Waals surface area (Å²) >= 11 is 6.29. The summed E-state index contributed by atoms with van der Waals surface area (Å²) in [7, 11) is 2.16. The first-order valence-electron chi connectivity index (χ1n) is 9.04. The summed E-state index contributed by atoms with van der Waals surface area (Å²) < 4.78 is 12.4. The molecular formula is C21H23ClNO3+. The number of nitrogens with zero attached hydrogens (tertiary/aromatic N) is 1. The molecule has 2 aliphatic rings. The Bertz CT molecular complexity index is 853. The molecule has 0 aliphatic carbocycles. The van der Waals surface area contributed by atoms with Gasteiger partial charge in [-0.2, -0.15) is 0 Å². The molecule has 2 aromatic rings. The minimum atomic E-state index is -0.149. The minimum Gasteiger partial charge on any atom is -0.457 e. The van der Waals surface area contributed by atoms with Gasteiger partial charge in [0.25, 0.3) is 0 Å². The van der Waals surface area contributed by atoms with E-state index in [9.17, 15) is 4.79 Å². The number of carbonyl (C=O) groups excluding carboxylic acids is 1. The van der Waals surface area contributed by atoms with Crippen molar-refractivity contribution >= 4 is 17.6 Å². The third kappa shape index (κ3) is 3.08. The maximum absolute atomic E-state index is 11.7. The summed E-state index contributed by atoms with van der Waals surface area (Å²) in [4.78, 5) is 11.7. The summed E-state index contributed by atoms with van der Waals surface area (Å²) in [6.45, 7) is 4.00. The van der Waals surface area contributed by atoms with E-state index in [0.717, 1.165) is 35.2 Å². The Kier molecular flexibility index (Phi) is 4.41. The van der Waals surface area contributed by atoms with E-state index >= 15 is 0 Å². The second-order valence-corrected chi connectivity index (χ2v) is 7.96. The van der Waals surface area contributed by atoms with Crippen LogP contribution in [0.25, 0.3) is 0 Å². The van der Waals surface area contributed by atoms with Crippen molar-refractivity contribution in [3.63, 3.8) is 0 Å². The molecule has 0 N–H and O–H groups in total. The van der Waals surface area contributed by atoms with Gasteiger partial charge in [0.1, 0.15) is 11.5 Å².